The number of fused-ring (bicyclic) bond motifs is 1. The zero-order valence-electron chi connectivity index (χ0n) is 21.1. The molecule has 0 unspecified atom stereocenters. The van der Waals surface area contributed by atoms with Crippen LogP contribution in [0.3, 0.4) is 0 Å². The van der Waals surface area contributed by atoms with Crippen LogP contribution in [0.1, 0.15) is 39.9 Å². The zero-order chi connectivity index (χ0) is 27.1. The maximum absolute atomic E-state index is 12.6. The van der Waals surface area contributed by atoms with Gasteiger partial charge in [-0.25, -0.2) is 9.97 Å². The van der Waals surface area contributed by atoms with Crippen molar-refractivity contribution in [2.45, 2.75) is 32.0 Å². The molecule has 1 saturated heterocycles. The number of carbonyl (C=O) groups excluding carboxylic acids is 1. The standard InChI is InChI=1S/C14H18F3N.C14H13N5O/c1-18-7-5-11(6-8-18)9-12-3-2-4-13(10-12)14(15,16)17;15-12(20)11-2-1-5-16-14(11)19-8-9-3-6-17-13-10(9)4-7-18-13/h2-4,10-11H,5-9H2,1H3;1-7H,8H2,(H2,15,20)(H,16,19)(H,17,18). The van der Waals surface area contributed by atoms with Crippen LogP contribution in [0.25, 0.3) is 11.0 Å². The molecule has 0 atom stereocenters. The minimum Gasteiger partial charge on any atom is -0.365 e. The Labute approximate surface area is 219 Å². The molecule has 4 heterocycles. The quantitative estimate of drug-likeness (QED) is 0.320. The number of aromatic amines is 1. The lowest BCUT2D eigenvalue weighted by atomic mass is 9.90. The highest BCUT2D eigenvalue weighted by Crippen LogP contribution is 2.30. The Morgan fingerprint density at radius 1 is 1.11 bits per heavy atom. The molecule has 7 nitrogen and oxygen atoms in total. The van der Waals surface area contributed by atoms with E-state index in [0.717, 1.165) is 60.6 Å². The Balaban J connectivity index is 0.000000178. The number of alkyl halides is 3. The van der Waals surface area contributed by atoms with Crippen molar-refractivity contribution in [3.05, 3.63) is 89.4 Å². The number of nitrogens with one attached hydrogen (secondary N) is 2. The van der Waals surface area contributed by atoms with Gasteiger partial charge in [-0.15, -0.1) is 0 Å². The number of piperidine rings is 1. The summed E-state index contributed by atoms with van der Waals surface area (Å²) in [6.07, 6.45) is 3.88. The van der Waals surface area contributed by atoms with E-state index in [4.69, 9.17) is 5.73 Å². The van der Waals surface area contributed by atoms with Gasteiger partial charge in [-0.2, -0.15) is 13.2 Å². The summed E-state index contributed by atoms with van der Waals surface area (Å²) in [4.78, 5) is 25.0. The summed E-state index contributed by atoms with van der Waals surface area (Å²) < 4.78 is 37.8. The summed E-state index contributed by atoms with van der Waals surface area (Å²) in [5, 5.41) is 4.18. The van der Waals surface area contributed by atoms with Gasteiger partial charge in [0.1, 0.15) is 11.5 Å². The molecule has 1 aliphatic rings. The number of aromatic nitrogens is 3. The number of pyridine rings is 2. The van der Waals surface area contributed by atoms with E-state index in [1.54, 1.807) is 30.6 Å². The maximum Gasteiger partial charge on any atom is 0.416 e. The van der Waals surface area contributed by atoms with Crippen molar-refractivity contribution in [3.8, 4) is 0 Å². The summed E-state index contributed by atoms with van der Waals surface area (Å²) in [7, 11) is 2.08. The third-order valence-electron chi connectivity index (χ3n) is 6.69. The first-order valence-corrected chi connectivity index (χ1v) is 12.4. The van der Waals surface area contributed by atoms with Crippen LogP contribution in [-0.4, -0.2) is 45.9 Å². The van der Waals surface area contributed by atoms with Gasteiger partial charge in [-0.05, 0) is 86.8 Å². The number of nitrogens with two attached hydrogens (primary N) is 1. The van der Waals surface area contributed by atoms with E-state index >= 15 is 0 Å². The molecule has 4 aromatic rings. The van der Waals surface area contributed by atoms with Crippen molar-refractivity contribution >= 4 is 22.8 Å². The van der Waals surface area contributed by atoms with Gasteiger partial charge in [0, 0.05) is 30.5 Å². The Bertz CT molecular complexity index is 1360. The Morgan fingerprint density at radius 3 is 2.63 bits per heavy atom. The highest BCUT2D eigenvalue weighted by molar-refractivity contribution is 5.97. The molecular weight excluding hydrogens is 493 g/mol. The first-order chi connectivity index (χ1) is 18.2. The molecule has 4 N–H and O–H groups in total. The van der Waals surface area contributed by atoms with Gasteiger partial charge < -0.3 is 20.9 Å². The van der Waals surface area contributed by atoms with Crippen LogP contribution in [0.5, 0.6) is 0 Å². The van der Waals surface area contributed by atoms with Crippen LogP contribution in [0.4, 0.5) is 19.0 Å². The second-order valence-corrected chi connectivity index (χ2v) is 9.48. The largest absolute Gasteiger partial charge is 0.416 e. The van der Waals surface area contributed by atoms with Crippen LogP contribution >= 0.6 is 0 Å². The molecule has 38 heavy (non-hydrogen) atoms. The van der Waals surface area contributed by atoms with Crippen LogP contribution in [0.2, 0.25) is 0 Å². The van der Waals surface area contributed by atoms with Gasteiger partial charge in [0.05, 0.1) is 11.1 Å². The summed E-state index contributed by atoms with van der Waals surface area (Å²) in [5.74, 6) is 0.507. The summed E-state index contributed by atoms with van der Waals surface area (Å²) in [5.41, 5.74) is 7.88. The number of primary amides is 1. The van der Waals surface area contributed by atoms with Crippen LogP contribution in [-0.2, 0) is 19.1 Å². The number of carbonyl (C=O) groups is 1. The molecule has 3 aromatic heterocycles. The summed E-state index contributed by atoms with van der Waals surface area (Å²) in [6, 6.07) is 13.0. The number of hydrogen-bond donors (Lipinski definition) is 3. The number of halogens is 3. The first kappa shape index (κ1) is 27.1. The lowest BCUT2D eigenvalue weighted by Gasteiger charge is -2.29. The van der Waals surface area contributed by atoms with Gasteiger partial charge in [0.15, 0.2) is 0 Å². The highest BCUT2D eigenvalue weighted by atomic mass is 19.4. The molecule has 200 valence electrons. The van der Waals surface area contributed by atoms with Crippen molar-refractivity contribution in [3.63, 3.8) is 0 Å². The Morgan fingerprint density at radius 2 is 1.89 bits per heavy atom. The van der Waals surface area contributed by atoms with Crippen LogP contribution in [0, 0.1) is 5.92 Å². The van der Waals surface area contributed by atoms with Crippen molar-refractivity contribution in [2.24, 2.45) is 11.7 Å². The van der Waals surface area contributed by atoms with E-state index in [2.05, 4.69) is 32.2 Å². The van der Waals surface area contributed by atoms with Crippen molar-refractivity contribution < 1.29 is 18.0 Å². The van der Waals surface area contributed by atoms with Gasteiger partial charge in [-0.1, -0.05) is 18.2 Å². The third kappa shape index (κ3) is 7.10. The lowest BCUT2D eigenvalue weighted by Crippen LogP contribution is -2.30. The number of likely N-dealkylation sites (tertiary alicyclic amines) is 1. The third-order valence-corrected chi connectivity index (χ3v) is 6.69. The maximum atomic E-state index is 12.6. The molecule has 1 aromatic carbocycles. The van der Waals surface area contributed by atoms with E-state index in [9.17, 15) is 18.0 Å². The van der Waals surface area contributed by atoms with E-state index < -0.39 is 17.6 Å². The van der Waals surface area contributed by atoms with Gasteiger partial charge in [-0.3, -0.25) is 4.79 Å². The Hall–Kier alpha value is -3.92. The summed E-state index contributed by atoms with van der Waals surface area (Å²) in [6.45, 7) is 2.63. The molecule has 5 rings (SSSR count). The molecule has 0 saturated carbocycles. The lowest BCUT2D eigenvalue weighted by molar-refractivity contribution is -0.137. The molecule has 1 aliphatic heterocycles. The monoisotopic (exact) mass is 524 g/mol. The second kappa shape index (κ2) is 12.1. The van der Waals surface area contributed by atoms with Gasteiger partial charge in [0.25, 0.3) is 5.91 Å². The number of anilines is 1. The fraction of sp³-hybridized carbons (Fsp3) is 0.321. The molecule has 0 aliphatic carbocycles. The molecule has 1 amide bonds. The zero-order valence-corrected chi connectivity index (χ0v) is 21.1. The number of amides is 1. The van der Waals surface area contributed by atoms with Gasteiger partial charge in [0.2, 0.25) is 0 Å². The van der Waals surface area contributed by atoms with E-state index in [-0.39, 0.29) is 0 Å². The second-order valence-electron chi connectivity index (χ2n) is 9.48. The van der Waals surface area contributed by atoms with E-state index in [1.165, 1.54) is 12.1 Å². The minimum absolute atomic E-state index is 0.381. The molecule has 0 spiro atoms. The molecule has 0 bridgehead atoms. The highest BCUT2D eigenvalue weighted by Gasteiger charge is 2.30. The first-order valence-electron chi connectivity index (χ1n) is 12.4. The predicted octanol–water partition coefficient (Wildman–Crippen LogP) is 5.26. The van der Waals surface area contributed by atoms with Crippen molar-refractivity contribution in [2.75, 3.05) is 25.5 Å². The van der Waals surface area contributed by atoms with Gasteiger partial charge >= 0.3 is 6.18 Å². The van der Waals surface area contributed by atoms with E-state index in [1.807, 2.05) is 18.3 Å². The average molecular weight is 525 g/mol. The smallest absolute Gasteiger partial charge is 0.365 e. The predicted molar refractivity (Wildman–Crippen MR) is 142 cm³/mol. The van der Waals surface area contributed by atoms with E-state index in [0.29, 0.717) is 23.8 Å². The SMILES string of the molecule is CN1CCC(Cc2cccc(C(F)(F)F)c2)CC1.NC(=O)c1cccnc1NCc1ccnc2[nH]ccc12. The topological polar surface area (TPSA) is 99.9 Å². The normalized spacial score (nSPS) is 14.6. The van der Waals surface area contributed by atoms with Crippen molar-refractivity contribution in [1.82, 2.24) is 19.9 Å². The Kier molecular flexibility index (Phi) is 8.62. The fourth-order valence-electron chi connectivity index (χ4n) is 4.57. The number of benzene rings is 1. The summed E-state index contributed by atoms with van der Waals surface area (Å²) >= 11 is 0. The fourth-order valence-corrected chi connectivity index (χ4v) is 4.57. The number of rotatable bonds is 6. The number of H-pyrrole nitrogens is 1. The van der Waals surface area contributed by atoms with Crippen LogP contribution < -0.4 is 11.1 Å². The molecule has 1 fully saturated rings. The molecule has 0 radical (unpaired) electrons. The van der Waals surface area contributed by atoms with Crippen LogP contribution in [0.15, 0.2) is 67.1 Å². The van der Waals surface area contributed by atoms with Crippen molar-refractivity contribution in [1.29, 1.82) is 0 Å². The number of hydrogen-bond acceptors (Lipinski definition) is 5. The molecular formula is C28H31F3N6O. The molecule has 10 heteroatoms. The minimum atomic E-state index is -4.23. The number of nitrogens with zero attached hydrogens (tertiary/aromatic N) is 3. The average Bonchev–Trinajstić information content (AvgIpc) is 3.39.